The quantitative estimate of drug-likeness (QED) is 0.718. The molecule has 2 rings (SSSR count). The molecule has 1 aromatic carbocycles. The standard InChI is InChI=1S/C18H25BrN4/c1-5-9-23(10-6-2)18-20-14(4)12-17(22-18)21-16-8-7-13(3)11-15(16)19/h7-8,11-12H,5-6,9-10H2,1-4H3,(H,20,21,22). The number of hydrogen-bond donors (Lipinski definition) is 1. The lowest BCUT2D eigenvalue weighted by Gasteiger charge is -2.22. The molecule has 4 nitrogen and oxygen atoms in total. The van der Waals surface area contributed by atoms with Crippen LogP contribution in [0.15, 0.2) is 28.7 Å². The molecule has 0 unspecified atom stereocenters. The summed E-state index contributed by atoms with van der Waals surface area (Å²) in [5.41, 5.74) is 3.20. The molecule has 0 bridgehead atoms. The summed E-state index contributed by atoms with van der Waals surface area (Å²) in [6.07, 6.45) is 2.17. The number of hydrogen-bond acceptors (Lipinski definition) is 4. The van der Waals surface area contributed by atoms with Crippen molar-refractivity contribution in [1.82, 2.24) is 9.97 Å². The van der Waals surface area contributed by atoms with Crippen molar-refractivity contribution < 1.29 is 0 Å². The maximum absolute atomic E-state index is 4.71. The summed E-state index contributed by atoms with van der Waals surface area (Å²) in [6.45, 7) is 10.4. The van der Waals surface area contributed by atoms with Gasteiger partial charge in [0.05, 0.1) is 5.69 Å². The second-order valence-corrected chi connectivity index (χ2v) is 6.64. The highest BCUT2D eigenvalue weighted by atomic mass is 79.9. The van der Waals surface area contributed by atoms with E-state index in [1.54, 1.807) is 0 Å². The van der Waals surface area contributed by atoms with E-state index in [-0.39, 0.29) is 0 Å². The topological polar surface area (TPSA) is 41.1 Å². The van der Waals surface area contributed by atoms with E-state index in [0.29, 0.717) is 0 Å². The van der Waals surface area contributed by atoms with Crippen LogP contribution >= 0.6 is 15.9 Å². The lowest BCUT2D eigenvalue weighted by atomic mass is 10.2. The monoisotopic (exact) mass is 376 g/mol. The van der Waals surface area contributed by atoms with E-state index in [2.05, 4.69) is 70.1 Å². The van der Waals surface area contributed by atoms with Gasteiger partial charge in [0.15, 0.2) is 0 Å². The van der Waals surface area contributed by atoms with Crippen LogP contribution < -0.4 is 10.2 Å². The van der Waals surface area contributed by atoms with Crippen LogP contribution in [0.25, 0.3) is 0 Å². The molecule has 0 radical (unpaired) electrons. The zero-order valence-electron chi connectivity index (χ0n) is 14.4. The first-order valence-corrected chi connectivity index (χ1v) is 8.96. The third-order valence-electron chi connectivity index (χ3n) is 3.50. The Morgan fingerprint density at radius 3 is 2.35 bits per heavy atom. The SMILES string of the molecule is CCCN(CCC)c1nc(C)cc(Nc2ccc(C)cc2Br)n1. The molecular formula is C18H25BrN4. The summed E-state index contributed by atoms with van der Waals surface area (Å²) in [5.74, 6) is 1.63. The average molecular weight is 377 g/mol. The molecule has 0 amide bonds. The van der Waals surface area contributed by atoms with Crippen molar-refractivity contribution in [1.29, 1.82) is 0 Å². The molecule has 0 saturated heterocycles. The Morgan fingerprint density at radius 2 is 1.74 bits per heavy atom. The summed E-state index contributed by atoms with van der Waals surface area (Å²) >= 11 is 3.60. The van der Waals surface area contributed by atoms with Crippen LogP contribution in [-0.4, -0.2) is 23.1 Å². The number of nitrogens with zero attached hydrogens (tertiary/aromatic N) is 3. The summed E-state index contributed by atoms with van der Waals surface area (Å²) in [4.78, 5) is 11.6. The lowest BCUT2D eigenvalue weighted by molar-refractivity contribution is 0.720. The first-order valence-electron chi connectivity index (χ1n) is 8.17. The van der Waals surface area contributed by atoms with Gasteiger partial charge in [0, 0.05) is 29.3 Å². The molecule has 0 spiro atoms. The number of anilines is 3. The van der Waals surface area contributed by atoms with Crippen molar-refractivity contribution in [3.63, 3.8) is 0 Å². The van der Waals surface area contributed by atoms with E-state index in [4.69, 9.17) is 4.98 Å². The molecule has 2 aromatic rings. The number of benzene rings is 1. The predicted octanol–water partition coefficient (Wildman–Crippen LogP) is 5.23. The minimum Gasteiger partial charge on any atom is -0.341 e. The molecule has 124 valence electrons. The van der Waals surface area contributed by atoms with Crippen molar-refractivity contribution in [3.8, 4) is 0 Å². The summed E-state index contributed by atoms with van der Waals surface area (Å²) in [6, 6.07) is 8.22. The normalized spacial score (nSPS) is 10.7. The molecule has 23 heavy (non-hydrogen) atoms. The fraction of sp³-hybridized carbons (Fsp3) is 0.444. The van der Waals surface area contributed by atoms with E-state index in [9.17, 15) is 0 Å². The number of rotatable bonds is 7. The summed E-state index contributed by atoms with van der Waals surface area (Å²) < 4.78 is 1.04. The number of halogens is 1. The van der Waals surface area contributed by atoms with Gasteiger partial charge >= 0.3 is 0 Å². The third-order valence-corrected chi connectivity index (χ3v) is 4.16. The van der Waals surface area contributed by atoms with Gasteiger partial charge in [-0.2, -0.15) is 4.98 Å². The van der Waals surface area contributed by atoms with Crippen molar-refractivity contribution in [2.45, 2.75) is 40.5 Å². The van der Waals surface area contributed by atoms with Gasteiger partial charge in [0.1, 0.15) is 5.82 Å². The van der Waals surface area contributed by atoms with E-state index < -0.39 is 0 Å². The van der Waals surface area contributed by atoms with E-state index in [1.807, 2.05) is 13.0 Å². The van der Waals surface area contributed by atoms with E-state index in [0.717, 1.165) is 53.6 Å². The average Bonchev–Trinajstić information content (AvgIpc) is 2.49. The Kier molecular flexibility index (Phi) is 6.39. The van der Waals surface area contributed by atoms with Crippen LogP contribution in [0.1, 0.15) is 37.9 Å². The number of aromatic nitrogens is 2. The lowest BCUT2D eigenvalue weighted by Crippen LogP contribution is -2.27. The van der Waals surface area contributed by atoms with Gasteiger partial charge < -0.3 is 10.2 Å². The smallest absolute Gasteiger partial charge is 0.227 e. The minimum atomic E-state index is 0.805. The Bertz CT molecular complexity index is 651. The van der Waals surface area contributed by atoms with Crippen molar-refractivity contribution in [2.24, 2.45) is 0 Å². The van der Waals surface area contributed by atoms with Crippen LogP contribution in [0.4, 0.5) is 17.5 Å². The van der Waals surface area contributed by atoms with Gasteiger partial charge in [0.25, 0.3) is 0 Å². The molecule has 0 fully saturated rings. The van der Waals surface area contributed by atoms with Gasteiger partial charge in [-0.1, -0.05) is 19.9 Å². The molecule has 1 aromatic heterocycles. The first kappa shape index (κ1) is 17.7. The highest BCUT2D eigenvalue weighted by Gasteiger charge is 2.11. The van der Waals surface area contributed by atoms with Crippen LogP contribution in [0, 0.1) is 13.8 Å². The maximum atomic E-state index is 4.71. The Labute approximate surface area is 147 Å². The molecule has 0 aliphatic rings. The van der Waals surface area contributed by atoms with Crippen LogP contribution in [-0.2, 0) is 0 Å². The number of nitrogens with one attached hydrogen (secondary N) is 1. The molecule has 0 saturated carbocycles. The molecule has 0 aliphatic heterocycles. The zero-order valence-corrected chi connectivity index (χ0v) is 15.9. The highest BCUT2D eigenvalue weighted by Crippen LogP contribution is 2.27. The fourth-order valence-electron chi connectivity index (χ4n) is 2.47. The second kappa shape index (κ2) is 8.29. The third kappa shape index (κ3) is 4.93. The van der Waals surface area contributed by atoms with E-state index in [1.165, 1.54) is 5.56 Å². The predicted molar refractivity (Wildman–Crippen MR) is 102 cm³/mol. The largest absolute Gasteiger partial charge is 0.341 e. The molecule has 0 atom stereocenters. The van der Waals surface area contributed by atoms with Crippen LogP contribution in [0.3, 0.4) is 0 Å². The van der Waals surface area contributed by atoms with Gasteiger partial charge in [-0.05, 0) is 60.3 Å². The molecular weight excluding hydrogens is 352 g/mol. The van der Waals surface area contributed by atoms with Crippen LogP contribution in [0.5, 0.6) is 0 Å². The second-order valence-electron chi connectivity index (χ2n) is 5.79. The first-order chi connectivity index (χ1) is 11.0. The van der Waals surface area contributed by atoms with Crippen molar-refractivity contribution in [2.75, 3.05) is 23.3 Å². The highest BCUT2D eigenvalue weighted by molar-refractivity contribution is 9.10. The Hall–Kier alpha value is -1.62. The fourth-order valence-corrected chi connectivity index (χ4v) is 3.06. The van der Waals surface area contributed by atoms with E-state index >= 15 is 0 Å². The summed E-state index contributed by atoms with van der Waals surface area (Å²) in [5, 5.41) is 3.40. The molecule has 1 N–H and O–H groups in total. The van der Waals surface area contributed by atoms with Gasteiger partial charge in [-0.25, -0.2) is 4.98 Å². The minimum absolute atomic E-state index is 0.805. The summed E-state index contributed by atoms with van der Waals surface area (Å²) in [7, 11) is 0. The van der Waals surface area contributed by atoms with Gasteiger partial charge in [-0.15, -0.1) is 0 Å². The zero-order chi connectivity index (χ0) is 16.8. The molecule has 0 aliphatic carbocycles. The Morgan fingerprint density at radius 1 is 1.04 bits per heavy atom. The van der Waals surface area contributed by atoms with Crippen LogP contribution in [0.2, 0.25) is 0 Å². The molecule has 1 heterocycles. The Balaban J connectivity index is 2.28. The molecule has 5 heteroatoms. The van der Waals surface area contributed by atoms with Gasteiger partial charge in [-0.3, -0.25) is 0 Å². The van der Waals surface area contributed by atoms with Crippen molar-refractivity contribution in [3.05, 3.63) is 40.0 Å². The van der Waals surface area contributed by atoms with Crippen molar-refractivity contribution >= 4 is 33.4 Å². The maximum Gasteiger partial charge on any atom is 0.227 e. The van der Waals surface area contributed by atoms with Gasteiger partial charge in [0.2, 0.25) is 5.95 Å². The number of aryl methyl sites for hydroxylation is 2.